The Labute approximate surface area is 92.3 Å². The zero-order chi connectivity index (χ0) is 11.3. The Morgan fingerprint density at radius 1 is 1.47 bits per heavy atom. The molecule has 0 atom stereocenters. The maximum Gasteiger partial charge on any atom is 0.194 e. The molecule has 1 rings (SSSR count). The zero-order valence-corrected chi connectivity index (χ0v) is 10.3. The van der Waals surface area contributed by atoms with Crippen LogP contribution in [0.1, 0.15) is 45.3 Å². The van der Waals surface area contributed by atoms with E-state index in [2.05, 4.69) is 31.1 Å². The summed E-state index contributed by atoms with van der Waals surface area (Å²) in [6.07, 6.45) is 4.93. The molecule has 0 bridgehead atoms. The van der Waals surface area contributed by atoms with Gasteiger partial charge in [0.2, 0.25) is 0 Å². The molecule has 0 fully saturated rings. The van der Waals surface area contributed by atoms with Gasteiger partial charge in [-0.15, -0.1) is 0 Å². The third kappa shape index (κ3) is 3.34. The van der Waals surface area contributed by atoms with Gasteiger partial charge < -0.3 is 9.73 Å². The molecule has 86 valence electrons. The van der Waals surface area contributed by atoms with Gasteiger partial charge in [0, 0.05) is 11.8 Å². The lowest BCUT2D eigenvalue weighted by atomic mass is 9.88. The third-order valence-corrected chi connectivity index (χ3v) is 2.92. The molecule has 1 heterocycles. The first-order chi connectivity index (χ1) is 7.10. The van der Waals surface area contributed by atoms with Gasteiger partial charge in [-0.1, -0.05) is 20.8 Å². The first kappa shape index (κ1) is 12.2. The van der Waals surface area contributed by atoms with Crippen molar-refractivity contribution in [3.63, 3.8) is 0 Å². The van der Waals surface area contributed by atoms with E-state index in [1.165, 1.54) is 0 Å². The first-order valence-corrected chi connectivity index (χ1v) is 5.70. The van der Waals surface area contributed by atoms with E-state index >= 15 is 0 Å². The molecule has 1 N–H and O–H groups in total. The summed E-state index contributed by atoms with van der Waals surface area (Å²) in [5.74, 6) is 1.87. The molecular formula is C12H22N2O. The van der Waals surface area contributed by atoms with E-state index in [1.54, 1.807) is 0 Å². The maximum absolute atomic E-state index is 5.75. The van der Waals surface area contributed by atoms with Gasteiger partial charge in [0.25, 0.3) is 0 Å². The van der Waals surface area contributed by atoms with Gasteiger partial charge in [0.1, 0.15) is 5.76 Å². The van der Waals surface area contributed by atoms with Crippen molar-refractivity contribution in [2.75, 3.05) is 13.6 Å². The molecule has 0 saturated carbocycles. The number of aromatic nitrogens is 1. The molecule has 0 aliphatic rings. The Balaban J connectivity index is 2.56. The van der Waals surface area contributed by atoms with Gasteiger partial charge >= 0.3 is 0 Å². The third-order valence-electron chi connectivity index (χ3n) is 2.92. The van der Waals surface area contributed by atoms with Crippen LogP contribution >= 0.6 is 0 Å². The van der Waals surface area contributed by atoms with Crippen molar-refractivity contribution >= 4 is 0 Å². The summed E-state index contributed by atoms with van der Waals surface area (Å²) >= 11 is 0. The molecule has 3 heteroatoms. The van der Waals surface area contributed by atoms with Gasteiger partial charge in [0.15, 0.2) is 5.89 Å². The molecule has 15 heavy (non-hydrogen) atoms. The average Bonchev–Trinajstić information content (AvgIpc) is 2.68. The number of oxazole rings is 1. The fourth-order valence-corrected chi connectivity index (χ4v) is 1.33. The Kier molecular flexibility index (Phi) is 4.33. The van der Waals surface area contributed by atoms with Gasteiger partial charge in [0.05, 0.1) is 6.20 Å². The van der Waals surface area contributed by atoms with Crippen molar-refractivity contribution in [2.24, 2.45) is 0 Å². The van der Waals surface area contributed by atoms with E-state index in [4.69, 9.17) is 4.42 Å². The van der Waals surface area contributed by atoms with Crippen LogP contribution in [-0.4, -0.2) is 18.6 Å². The van der Waals surface area contributed by atoms with E-state index in [0.717, 1.165) is 37.5 Å². The topological polar surface area (TPSA) is 38.1 Å². The van der Waals surface area contributed by atoms with Gasteiger partial charge in [-0.05, 0) is 26.4 Å². The standard InChI is InChI=1S/C12H22N2O/c1-5-12(2,3)10-9-14-11(15-10)7-6-8-13-4/h9,13H,5-8H2,1-4H3. The minimum absolute atomic E-state index is 0.105. The average molecular weight is 210 g/mol. The molecule has 0 spiro atoms. The fraction of sp³-hybridized carbons (Fsp3) is 0.750. The lowest BCUT2D eigenvalue weighted by molar-refractivity contribution is 0.354. The highest BCUT2D eigenvalue weighted by atomic mass is 16.4. The largest absolute Gasteiger partial charge is 0.445 e. The van der Waals surface area contributed by atoms with Crippen LogP contribution in [0, 0.1) is 0 Å². The predicted molar refractivity (Wildman–Crippen MR) is 62.1 cm³/mol. The Bertz CT molecular complexity index is 292. The highest BCUT2D eigenvalue weighted by Crippen LogP contribution is 2.27. The van der Waals surface area contributed by atoms with Crippen LogP contribution in [0.5, 0.6) is 0 Å². The second kappa shape index (κ2) is 5.31. The minimum Gasteiger partial charge on any atom is -0.445 e. The number of hydrogen-bond donors (Lipinski definition) is 1. The number of rotatable bonds is 6. The number of hydrogen-bond acceptors (Lipinski definition) is 3. The van der Waals surface area contributed by atoms with E-state index in [1.807, 2.05) is 13.2 Å². The molecule has 0 radical (unpaired) electrons. The van der Waals surface area contributed by atoms with Gasteiger partial charge in [-0.3, -0.25) is 0 Å². The molecule has 0 aliphatic heterocycles. The molecule has 0 amide bonds. The maximum atomic E-state index is 5.75. The second-order valence-electron chi connectivity index (χ2n) is 4.56. The van der Waals surface area contributed by atoms with E-state index in [-0.39, 0.29) is 5.41 Å². The van der Waals surface area contributed by atoms with Crippen LogP contribution in [0.2, 0.25) is 0 Å². The summed E-state index contributed by atoms with van der Waals surface area (Å²) in [7, 11) is 1.96. The van der Waals surface area contributed by atoms with Crippen molar-refractivity contribution in [2.45, 2.75) is 45.4 Å². The van der Waals surface area contributed by atoms with Crippen LogP contribution in [0.25, 0.3) is 0 Å². The number of aryl methyl sites for hydroxylation is 1. The molecular weight excluding hydrogens is 188 g/mol. The van der Waals surface area contributed by atoms with E-state index < -0.39 is 0 Å². The van der Waals surface area contributed by atoms with Crippen LogP contribution in [0.15, 0.2) is 10.6 Å². The van der Waals surface area contributed by atoms with Crippen molar-refractivity contribution in [3.8, 4) is 0 Å². The Hall–Kier alpha value is -0.830. The first-order valence-electron chi connectivity index (χ1n) is 5.70. The van der Waals surface area contributed by atoms with Crippen LogP contribution in [-0.2, 0) is 11.8 Å². The van der Waals surface area contributed by atoms with Crippen molar-refractivity contribution < 1.29 is 4.42 Å². The molecule has 1 aromatic rings. The minimum atomic E-state index is 0.105. The number of nitrogens with one attached hydrogen (secondary N) is 1. The predicted octanol–water partition coefficient (Wildman–Crippen LogP) is 2.51. The smallest absolute Gasteiger partial charge is 0.194 e. The van der Waals surface area contributed by atoms with Crippen LogP contribution < -0.4 is 5.32 Å². The molecule has 1 aromatic heterocycles. The molecule has 0 aliphatic carbocycles. The summed E-state index contributed by atoms with van der Waals surface area (Å²) in [5.41, 5.74) is 0.105. The normalized spacial score (nSPS) is 12.0. The van der Waals surface area contributed by atoms with Crippen molar-refractivity contribution in [1.82, 2.24) is 10.3 Å². The summed E-state index contributed by atoms with van der Waals surface area (Å²) in [6.45, 7) is 7.55. The monoisotopic (exact) mass is 210 g/mol. The van der Waals surface area contributed by atoms with Crippen LogP contribution in [0.3, 0.4) is 0 Å². The molecule has 0 saturated heterocycles. The molecule has 0 unspecified atom stereocenters. The number of nitrogens with zero attached hydrogens (tertiary/aromatic N) is 1. The van der Waals surface area contributed by atoms with E-state index in [9.17, 15) is 0 Å². The zero-order valence-electron chi connectivity index (χ0n) is 10.3. The summed E-state index contributed by atoms with van der Waals surface area (Å²) in [6, 6.07) is 0. The quantitative estimate of drug-likeness (QED) is 0.733. The molecule has 3 nitrogen and oxygen atoms in total. The summed E-state index contributed by atoms with van der Waals surface area (Å²) in [4.78, 5) is 4.31. The SMILES string of the molecule is CCC(C)(C)c1cnc(CCCNC)o1. The Morgan fingerprint density at radius 3 is 2.80 bits per heavy atom. The summed E-state index contributed by atoms with van der Waals surface area (Å²) < 4.78 is 5.75. The lowest BCUT2D eigenvalue weighted by Gasteiger charge is -2.18. The van der Waals surface area contributed by atoms with E-state index in [0.29, 0.717) is 0 Å². The fourth-order valence-electron chi connectivity index (χ4n) is 1.33. The van der Waals surface area contributed by atoms with Gasteiger partial charge in [-0.25, -0.2) is 4.98 Å². The van der Waals surface area contributed by atoms with Crippen LogP contribution in [0.4, 0.5) is 0 Å². The highest BCUT2D eigenvalue weighted by Gasteiger charge is 2.22. The van der Waals surface area contributed by atoms with Crippen molar-refractivity contribution in [3.05, 3.63) is 17.8 Å². The Morgan fingerprint density at radius 2 is 2.20 bits per heavy atom. The van der Waals surface area contributed by atoms with Gasteiger partial charge in [-0.2, -0.15) is 0 Å². The molecule has 0 aromatic carbocycles. The lowest BCUT2D eigenvalue weighted by Crippen LogP contribution is -2.14. The second-order valence-corrected chi connectivity index (χ2v) is 4.56. The van der Waals surface area contributed by atoms with Crippen molar-refractivity contribution in [1.29, 1.82) is 0 Å². The summed E-state index contributed by atoms with van der Waals surface area (Å²) in [5, 5.41) is 3.12. The highest BCUT2D eigenvalue weighted by molar-refractivity contribution is 5.07.